The number of rotatable bonds is 4. The van der Waals surface area contributed by atoms with E-state index in [1.807, 2.05) is 0 Å². The second kappa shape index (κ2) is 12.0. The van der Waals surface area contributed by atoms with E-state index in [0.29, 0.717) is 0 Å². The maximum atomic E-state index is 2.54. The van der Waals surface area contributed by atoms with Gasteiger partial charge in [-0.05, 0) is 120 Å². The van der Waals surface area contributed by atoms with Gasteiger partial charge in [0.05, 0.1) is 21.9 Å². The molecule has 0 saturated heterocycles. The van der Waals surface area contributed by atoms with Crippen LogP contribution in [0.4, 0.5) is 0 Å². The Morgan fingerprint density at radius 3 is 1.27 bits per heavy atom. The van der Waals surface area contributed by atoms with E-state index in [4.69, 9.17) is 0 Å². The van der Waals surface area contributed by atoms with Crippen LogP contribution in [-0.2, 0) is 10.8 Å². The van der Waals surface area contributed by atoms with Crippen molar-refractivity contribution in [2.24, 2.45) is 0 Å². The SMILES string of the molecule is c1cc(-c2ccc3c(c2)C2(c4ccc5ccccc5c4)c4ccccc4C3(c3ccc4ccccc4c3)c3ccccc32)cc(-n2c3ccccc3c3ccccc32)c1. The Labute approximate surface area is 343 Å². The first-order valence-electron chi connectivity index (χ1n) is 20.7. The highest BCUT2D eigenvalue weighted by molar-refractivity contribution is 6.09. The number of hydrogen-bond donors (Lipinski definition) is 0. The molecular weight excluding hydrogens is 711 g/mol. The van der Waals surface area contributed by atoms with Crippen LogP contribution in [0.1, 0.15) is 44.5 Å². The first-order valence-corrected chi connectivity index (χ1v) is 20.7. The van der Waals surface area contributed by atoms with Crippen LogP contribution in [0.2, 0.25) is 0 Å². The van der Waals surface area contributed by atoms with Crippen LogP contribution in [0.3, 0.4) is 0 Å². The molecule has 0 N–H and O–H groups in total. The summed E-state index contributed by atoms with van der Waals surface area (Å²) in [6.07, 6.45) is 0. The molecule has 0 atom stereocenters. The lowest BCUT2D eigenvalue weighted by molar-refractivity contribution is 0.558. The molecule has 0 amide bonds. The summed E-state index contributed by atoms with van der Waals surface area (Å²) in [5.74, 6) is 0. The van der Waals surface area contributed by atoms with Crippen molar-refractivity contribution in [2.75, 3.05) is 0 Å². The van der Waals surface area contributed by atoms with Crippen LogP contribution in [0.25, 0.3) is 60.2 Å². The largest absolute Gasteiger partial charge is 0.309 e. The van der Waals surface area contributed by atoms with E-state index in [-0.39, 0.29) is 0 Å². The Hall–Kier alpha value is -7.48. The molecule has 1 aromatic heterocycles. The predicted octanol–water partition coefficient (Wildman–Crippen LogP) is 14.1. The minimum absolute atomic E-state index is 0.519. The average Bonchev–Trinajstić information content (AvgIpc) is 3.65. The van der Waals surface area contributed by atoms with Gasteiger partial charge in [0.15, 0.2) is 0 Å². The van der Waals surface area contributed by atoms with Crippen molar-refractivity contribution in [3.8, 4) is 16.8 Å². The number of aromatic nitrogens is 1. The summed E-state index contributed by atoms with van der Waals surface area (Å²) in [4.78, 5) is 0. The summed E-state index contributed by atoms with van der Waals surface area (Å²) in [6, 6.07) is 84.6. The third kappa shape index (κ3) is 4.24. The summed E-state index contributed by atoms with van der Waals surface area (Å²) in [7, 11) is 0. The molecule has 1 heterocycles. The number of hydrogen-bond acceptors (Lipinski definition) is 0. The fraction of sp³-hybridized carbons (Fsp3) is 0.0345. The predicted molar refractivity (Wildman–Crippen MR) is 245 cm³/mol. The molecule has 0 saturated carbocycles. The van der Waals surface area contributed by atoms with E-state index < -0.39 is 10.8 Å². The smallest absolute Gasteiger partial charge is 0.0711 e. The second-order valence-electron chi connectivity index (χ2n) is 16.4. The first kappa shape index (κ1) is 32.6. The van der Waals surface area contributed by atoms with Crippen molar-refractivity contribution in [1.29, 1.82) is 0 Å². The van der Waals surface area contributed by atoms with E-state index in [1.54, 1.807) is 0 Å². The van der Waals surface area contributed by atoms with Gasteiger partial charge in [0.2, 0.25) is 0 Å². The number of para-hydroxylation sites is 2. The minimum Gasteiger partial charge on any atom is -0.309 e. The highest BCUT2D eigenvalue weighted by Gasteiger charge is 2.60. The van der Waals surface area contributed by atoms with Gasteiger partial charge in [0.1, 0.15) is 0 Å². The van der Waals surface area contributed by atoms with Crippen LogP contribution >= 0.6 is 0 Å². The van der Waals surface area contributed by atoms with Crippen LogP contribution in [0.5, 0.6) is 0 Å². The molecule has 0 aliphatic heterocycles. The van der Waals surface area contributed by atoms with Crippen molar-refractivity contribution in [1.82, 2.24) is 4.57 Å². The Morgan fingerprint density at radius 2 is 0.712 bits per heavy atom. The fourth-order valence-electron chi connectivity index (χ4n) is 11.3. The molecule has 0 spiro atoms. The third-order valence-electron chi connectivity index (χ3n) is 13.7. The van der Waals surface area contributed by atoms with Crippen molar-refractivity contribution in [3.05, 3.63) is 269 Å². The Bertz CT molecular complexity index is 3430. The normalized spacial score (nSPS) is 17.6. The third-order valence-corrected chi connectivity index (χ3v) is 13.7. The molecule has 0 fully saturated rings. The number of fused-ring (bicyclic) bond motifs is 5. The van der Waals surface area contributed by atoms with E-state index in [9.17, 15) is 0 Å². The van der Waals surface area contributed by atoms with E-state index in [0.717, 1.165) is 5.69 Å². The average molecular weight is 748 g/mol. The van der Waals surface area contributed by atoms with Crippen molar-refractivity contribution in [3.63, 3.8) is 0 Å². The lowest BCUT2D eigenvalue weighted by Crippen LogP contribution is -2.51. The fourth-order valence-corrected chi connectivity index (χ4v) is 11.3. The molecule has 11 aromatic rings. The van der Waals surface area contributed by atoms with Gasteiger partial charge >= 0.3 is 0 Å². The number of benzene rings is 10. The summed E-state index contributed by atoms with van der Waals surface area (Å²) < 4.78 is 2.42. The van der Waals surface area contributed by atoms with Crippen LogP contribution < -0.4 is 0 Å². The van der Waals surface area contributed by atoms with Crippen LogP contribution in [-0.4, -0.2) is 4.57 Å². The molecule has 0 unspecified atom stereocenters. The highest BCUT2D eigenvalue weighted by atomic mass is 15.0. The van der Waals surface area contributed by atoms with E-state index in [2.05, 4.69) is 229 Å². The van der Waals surface area contributed by atoms with Gasteiger partial charge in [0.25, 0.3) is 0 Å². The molecule has 1 nitrogen and oxygen atoms in total. The van der Waals surface area contributed by atoms with Gasteiger partial charge in [0, 0.05) is 16.5 Å². The van der Waals surface area contributed by atoms with Gasteiger partial charge in [-0.3, -0.25) is 0 Å². The highest BCUT2D eigenvalue weighted by Crippen LogP contribution is 2.66. The summed E-state index contributed by atoms with van der Waals surface area (Å²) in [5, 5.41) is 7.56. The molecule has 59 heavy (non-hydrogen) atoms. The molecule has 3 aliphatic carbocycles. The standard InChI is InChI=1S/C58H37N/c1-3-16-40-34-44(31-28-38(40)14-1)57-49-22-7-9-24-51(49)58(52-25-10-8-23-50(52)57,45-32-29-39-15-2-4-17-41(39)35-45)54-37-43(30-33-53(54)57)42-18-13-19-46(36-42)59-55-26-11-5-20-47(55)48-21-6-12-27-56(48)59/h1-37H. The van der Waals surface area contributed by atoms with Crippen LogP contribution in [0.15, 0.2) is 224 Å². The monoisotopic (exact) mass is 747 g/mol. The molecule has 1 heteroatoms. The molecule has 14 rings (SSSR count). The second-order valence-corrected chi connectivity index (χ2v) is 16.4. The summed E-state index contributed by atoms with van der Waals surface area (Å²) >= 11 is 0. The van der Waals surface area contributed by atoms with E-state index >= 15 is 0 Å². The zero-order chi connectivity index (χ0) is 38.7. The molecule has 3 aliphatic rings. The lowest BCUT2D eigenvalue weighted by atomic mass is 9.44. The Balaban J connectivity index is 1.13. The zero-order valence-corrected chi connectivity index (χ0v) is 32.3. The molecule has 0 radical (unpaired) electrons. The van der Waals surface area contributed by atoms with Crippen molar-refractivity contribution >= 4 is 43.4 Å². The summed E-state index contributed by atoms with van der Waals surface area (Å²) in [6.45, 7) is 0. The van der Waals surface area contributed by atoms with Crippen molar-refractivity contribution < 1.29 is 0 Å². The maximum Gasteiger partial charge on any atom is 0.0711 e. The molecule has 10 aromatic carbocycles. The van der Waals surface area contributed by atoms with Gasteiger partial charge in [-0.25, -0.2) is 0 Å². The Morgan fingerprint density at radius 1 is 0.271 bits per heavy atom. The quantitative estimate of drug-likeness (QED) is 0.169. The van der Waals surface area contributed by atoms with Gasteiger partial charge in [-0.2, -0.15) is 0 Å². The van der Waals surface area contributed by atoms with Gasteiger partial charge in [-0.1, -0.05) is 182 Å². The maximum absolute atomic E-state index is 2.54. The first-order chi connectivity index (χ1) is 29.2. The van der Waals surface area contributed by atoms with E-state index in [1.165, 1.54) is 99.0 Å². The van der Waals surface area contributed by atoms with Crippen LogP contribution in [0, 0.1) is 0 Å². The lowest BCUT2D eigenvalue weighted by Gasteiger charge is -2.57. The Kier molecular flexibility index (Phi) is 6.64. The molecule has 2 bridgehead atoms. The number of nitrogens with zero attached hydrogens (tertiary/aromatic N) is 1. The molecular formula is C58H37N. The van der Waals surface area contributed by atoms with Gasteiger partial charge in [-0.15, -0.1) is 0 Å². The van der Waals surface area contributed by atoms with Crippen molar-refractivity contribution in [2.45, 2.75) is 10.8 Å². The van der Waals surface area contributed by atoms with Gasteiger partial charge < -0.3 is 4.57 Å². The minimum atomic E-state index is -0.550. The zero-order valence-electron chi connectivity index (χ0n) is 32.3. The summed E-state index contributed by atoms with van der Waals surface area (Å²) in [5.41, 5.74) is 15.6. The topological polar surface area (TPSA) is 4.93 Å². The molecule has 274 valence electrons.